The van der Waals surface area contributed by atoms with E-state index < -0.39 is 10.0 Å². The van der Waals surface area contributed by atoms with Crippen LogP contribution in [0.3, 0.4) is 0 Å². The lowest BCUT2D eigenvalue weighted by molar-refractivity contribution is 0.568. The van der Waals surface area contributed by atoms with Gasteiger partial charge in [0.1, 0.15) is 0 Å². The summed E-state index contributed by atoms with van der Waals surface area (Å²) in [4.78, 5) is 0.202. The molecule has 3 rings (SSSR count). The van der Waals surface area contributed by atoms with Crippen molar-refractivity contribution < 1.29 is 12.8 Å². The van der Waals surface area contributed by atoms with Crippen LogP contribution >= 0.6 is 0 Å². The summed E-state index contributed by atoms with van der Waals surface area (Å²) < 4.78 is 32.1. The van der Waals surface area contributed by atoms with Crippen molar-refractivity contribution in [2.75, 3.05) is 4.72 Å². The van der Waals surface area contributed by atoms with Crippen LogP contribution in [-0.4, -0.2) is 18.6 Å². The highest BCUT2D eigenvalue weighted by atomic mass is 32.2. The van der Waals surface area contributed by atoms with Gasteiger partial charge in [0.15, 0.2) is 0 Å². The smallest absolute Gasteiger partial charge is 0.261 e. The van der Waals surface area contributed by atoms with Crippen molar-refractivity contribution in [1.82, 2.24) is 10.2 Å². The Morgan fingerprint density at radius 1 is 1.00 bits per heavy atom. The Balaban J connectivity index is 1.91. The number of nitrogens with zero attached hydrogens (tertiary/aromatic N) is 2. The molecule has 6 nitrogen and oxygen atoms in total. The van der Waals surface area contributed by atoms with Gasteiger partial charge in [-0.25, -0.2) is 8.42 Å². The van der Waals surface area contributed by atoms with Crippen molar-refractivity contribution in [3.63, 3.8) is 0 Å². The lowest BCUT2D eigenvalue weighted by Gasteiger charge is -2.08. The molecule has 2 aromatic carbocycles. The molecule has 3 aromatic rings. The predicted octanol–water partition coefficient (Wildman–Crippen LogP) is 2.54. The molecule has 1 heterocycles. The number of nitrogens with one attached hydrogen (secondary N) is 1. The summed E-state index contributed by atoms with van der Waals surface area (Å²) >= 11 is 0. The lowest BCUT2D eigenvalue weighted by atomic mass is 10.2. The highest BCUT2D eigenvalue weighted by Gasteiger charge is 2.14. The van der Waals surface area contributed by atoms with Gasteiger partial charge in [-0.15, -0.1) is 10.2 Å². The van der Waals surface area contributed by atoms with Crippen LogP contribution in [-0.2, 0) is 10.0 Å². The fourth-order valence-corrected chi connectivity index (χ4v) is 2.90. The van der Waals surface area contributed by atoms with Crippen molar-refractivity contribution in [3.8, 4) is 11.5 Å². The molecule has 1 N–H and O–H groups in total. The van der Waals surface area contributed by atoms with E-state index in [0.29, 0.717) is 17.1 Å². The highest BCUT2D eigenvalue weighted by Crippen LogP contribution is 2.22. The van der Waals surface area contributed by atoms with E-state index in [1.807, 2.05) is 0 Å². The summed E-state index contributed by atoms with van der Waals surface area (Å²) in [6, 6.07) is 14.9. The van der Waals surface area contributed by atoms with Crippen LogP contribution in [0, 0.1) is 0 Å². The third-order valence-electron chi connectivity index (χ3n) is 2.78. The van der Waals surface area contributed by atoms with Gasteiger partial charge in [-0.1, -0.05) is 24.3 Å². The van der Waals surface area contributed by atoms with Gasteiger partial charge in [-0.2, -0.15) is 0 Å². The van der Waals surface area contributed by atoms with Crippen molar-refractivity contribution >= 4 is 15.7 Å². The number of benzene rings is 2. The first-order valence-electron chi connectivity index (χ1n) is 6.10. The summed E-state index contributed by atoms with van der Waals surface area (Å²) in [5, 5.41) is 7.38. The summed E-state index contributed by atoms with van der Waals surface area (Å²) in [5.41, 5.74) is 1.07. The fraction of sp³-hybridized carbons (Fsp3) is 0. The van der Waals surface area contributed by atoms with Crippen LogP contribution < -0.4 is 4.72 Å². The normalized spacial score (nSPS) is 11.2. The molecule has 0 aliphatic heterocycles. The zero-order valence-electron chi connectivity index (χ0n) is 10.8. The molecule has 21 heavy (non-hydrogen) atoms. The maximum atomic E-state index is 12.2. The molecule has 0 bridgehead atoms. The molecule has 0 saturated carbocycles. The SMILES string of the molecule is O=S(=O)(Nc1cccc(-c2nnco2)c1)c1ccccc1. The molecule has 1 aromatic heterocycles. The number of sulfonamides is 1. The van der Waals surface area contributed by atoms with E-state index in [-0.39, 0.29) is 4.90 Å². The van der Waals surface area contributed by atoms with E-state index in [1.54, 1.807) is 42.5 Å². The first-order chi connectivity index (χ1) is 10.1. The maximum Gasteiger partial charge on any atom is 0.261 e. The standard InChI is InChI=1S/C14H11N3O3S/c18-21(19,13-7-2-1-3-8-13)17-12-6-4-5-11(9-12)14-16-15-10-20-14/h1-10,17H. The first kappa shape index (κ1) is 13.3. The quantitative estimate of drug-likeness (QED) is 0.800. The monoisotopic (exact) mass is 301 g/mol. The second-order valence-corrected chi connectivity index (χ2v) is 5.93. The fourth-order valence-electron chi connectivity index (χ4n) is 1.83. The molecular weight excluding hydrogens is 290 g/mol. The number of hydrogen-bond acceptors (Lipinski definition) is 5. The topological polar surface area (TPSA) is 85.1 Å². The van der Waals surface area contributed by atoms with Gasteiger partial charge in [0, 0.05) is 11.3 Å². The summed E-state index contributed by atoms with van der Waals surface area (Å²) in [6.45, 7) is 0. The van der Waals surface area contributed by atoms with Crippen molar-refractivity contribution in [2.45, 2.75) is 4.90 Å². The summed E-state index contributed by atoms with van der Waals surface area (Å²) in [6.07, 6.45) is 1.22. The van der Waals surface area contributed by atoms with Crippen LogP contribution in [0.2, 0.25) is 0 Å². The van der Waals surface area contributed by atoms with E-state index in [4.69, 9.17) is 4.42 Å². The van der Waals surface area contributed by atoms with E-state index in [9.17, 15) is 8.42 Å². The Hall–Kier alpha value is -2.67. The zero-order valence-corrected chi connectivity index (χ0v) is 11.6. The zero-order chi connectivity index (χ0) is 14.7. The molecule has 0 aliphatic rings. The molecule has 106 valence electrons. The molecule has 0 unspecified atom stereocenters. The van der Waals surface area contributed by atoms with Crippen LogP contribution in [0.4, 0.5) is 5.69 Å². The molecule has 0 aliphatic carbocycles. The van der Waals surface area contributed by atoms with Gasteiger partial charge in [0.2, 0.25) is 12.3 Å². The molecule has 7 heteroatoms. The highest BCUT2D eigenvalue weighted by molar-refractivity contribution is 7.92. The Bertz CT molecular complexity index is 831. The van der Waals surface area contributed by atoms with E-state index >= 15 is 0 Å². The summed E-state index contributed by atoms with van der Waals surface area (Å²) in [7, 11) is -3.62. The maximum absolute atomic E-state index is 12.2. The average Bonchev–Trinajstić information content (AvgIpc) is 3.02. The van der Waals surface area contributed by atoms with Gasteiger partial charge in [0.05, 0.1) is 4.90 Å². The Morgan fingerprint density at radius 2 is 1.81 bits per heavy atom. The minimum absolute atomic E-state index is 0.202. The minimum Gasteiger partial charge on any atom is -0.423 e. The molecule has 0 saturated heterocycles. The van der Waals surface area contributed by atoms with Gasteiger partial charge in [0.25, 0.3) is 10.0 Å². The van der Waals surface area contributed by atoms with Crippen molar-refractivity contribution in [2.24, 2.45) is 0 Å². The molecule has 0 radical (unpaired) electrons. The Morgan fingerprint density at radius 3 is 2.52 bits per heavy atom. The molecule has 0 amide bonds. The summed E-state index contributed by atoms with van der Waals surface area (Å²) in [5.74, 6) is 0.329. The van der Waals surface area contributed by atoms with Crippen LogP contribution in [0.1, 0.15) is 0 Å². The third-order valence-corrected chi connectivity index (χ3v) is 4.17. The first-order valence-corrected chi connectivity index (χ1v) is 7.58. The van der Waals surface area contributed by atoms with Crippen LogP contribution in [0.25, 0.3) is 11.5 Å². The molecule has 0 atom stereocenters. The van der Waals surface area contributed by atoms with Crippen LogP contribution in [0.15, 0.2) is 70.3 Å². The van der Waals surface area contributed by atoms with Gasteiger partial charge < -0.3 is 4.42 Å². The van der Waals surface area contributed by atoms with E-state index in [0.717, 1.165) is 0 Å². The number of anilines is 1. The van der Waals surface area contributed by atoms with Crippen molar-refractivity contribution in [1.29, 1.82) is 0 Å². The van der Waals surface area contributed by atoms with Gasteiger partial charge in [-0.3, -0.25) is 4.72 Å². The Labute approximate surface area is 121 Å². The largest absolute Gasteiger partial charge is 0.423 e. The second-order valence-electron chi connectivity index (χ2n) is 4.24. The molecular formula is C14H11N3O3S. The van der Waals surface area contributed by atoms with Gasteiger partial charge >= 0.3 is 0 Å². The van der Waals surface area contributed by atoms with Gasteiger partial charge in [-0.05, 0) is 30.3 Å². The number of aromatic nitrogens is 2. The third kappa shape index (κ3) is 2.92. The predicted molar refractivity (Wildman–Crippen MR) is 77.0 cm³/mol. The minimum atomic E-state index is -3.62. The second kappa shape index (κ2) is 5.37. The molecule has 0 fully saturated rings. The van der Waals surface area contributed by atoms with Crippen molar-refractivity contribution in [3.05, 3.63) is 61.0 Å². The van der Waals surface area contributed by atoms with Crippen LogP contribution in [0.5, 0.6) is 0 Å². The van der Waals surface area contributed by atoms with E-state index in [2.05, 4.69) is 14.9 Å². The lowest BCUT2D eigenvalue weighted by Crippen LogP contribution is -2.12. The number of hydrogen-bond donors (Lipinski definition) is 1. The van der Waals surface area contributed by atoms with E-state index in [1.165, 1.54) is 18.5 Å². The average molecular weight is 301 g/mol. The molecule has 0 spiro atoms. The number of rotatable bonds is 4. The Kier molecular flexibility index (Phi) is 3.41.